The van der Waals surface area contributed by atoms with Crippen molar-refractivity contribution < 1.29 is 27.1 Å². The predicted octanol–water partition coefficient (Wildman–Crippen LogP) is 3.35. The summed E-state index contributed by atoms with van der Waals surface area (Å²) < 4.78 is 66.6. The minimum Gasteiger partial charge on any atom is -0.380 e. The van der Waals surface area contributed by atoms with Crippen LogP contribution in [-0.4, -0.2) is 75.5 Å². The Bertz CT molecular complexity index is 1950. The number of benzene rings is 2. The minimum atomic E-state index is -4.87. The fraction of sp³-hybridized carbons (Fsp3) is 0.357. The zero-order valence-corrected chi connectivity index (χ0v) is 23.3. The lowest BCUT2D eigenvalue weighted by molar-refractivity contribution is -0.137. The second kappa shape index (κ2) is 9.71. The summed E-state index contributed by atoms with van der Waals surface area (Å²) in [5.74, 6) is -0.597. The molecule has 3 aliphatic rings. The van der Waals surface area contributed by atoms with Crippen molar-refractivity contribution in [3.05, 3.63) is 63.2 Å². The fourth-order valence-corrected chi connectivity index (χ4v) is 7.58. The number of imidazole rings is 1. The molecular weight excluding hydrogens is 592 g/mol. The van der Waals surface area contributed by atoms with Gasteiger partial charge in [-0.05, 0) is 24.3 Å². The van der Waals surface area contributed by atoms with Crippen molar-refractivity contribution in [3.8, 4) is 11.1 Å². The van der Waals surface area contributed by atoms with E-state index in [4.69, 9.17) is 4.74 Å². The van der Waals surface area contributed by atoms with E-state index in [1.54, 1.807) is 9.80 Å². The minimum absolute atomic E-state index is 0.0267. The Morgan fingerprint density at radius 1 is 1.12 bits per heavy atom. The molecule has 0 saturated carbocycles. The third-order valence-electron chi connectivity index (χ3n) is 8.30. The van der Waals surface area contributed by atoms with Crippen molar-refractivity contribution in [1.29, 1.82) is 0 Å². The molecule has 7 rings (SSSR count). The van der Waals surface area contributed by atoms with Gasteiger partial charge in [0.05, 0.1) is 29.8 Å². The molecule has 2 aromatic carbocycles. The molecule has 0 aliphatic carbocycles. The molecule has 1 spiro atoms. The number of aromatic amines is 2. The van der Waals surface area contributed by atoms with Gasteiger partial charge < -0.3 is 24.5 Å². The molecule has 0 atom stereocenters. The van der Waals surface area contributed by atoms with Crippen LogP contribution in [0.1, 0.15) is 5.56 Å². The van der Waals surface area contributed by atoms with E-state index in [2.05, 4.69) is 21.5 Å². The van der Waals surface area contributed by atoms with Gasteiger partial charge in [0.15, 0.2) is 0 Å². The number of hydrogen-bond acceptors (Lipinski definition) is 7. The standard InChI is InChI=1S/C28H24F4N6O4S/c1-2-18(39)36-5-7-37(8-6-36)24-15-9-16(28(30,31)32)19(14-3-4-17(29)21-20(14)33-25(40)34-21)23-22(15)38(26(41)35-24)10-27(13-43-23)11-42-12-27/h2-4,9H,1,5-8,10-13H2,(H2,33,34,40). The number of anilines is 1. The molecule has 15 heteroatoms. The third-order valence-corrected chi connectivity index (χ3v) is 9.75. The van der Waals surface area contributed by atoms with E-state index in [-0.39, 0.29) is 82.4 Å². The first-order chi connectivity index (χ1) is 20.5. The molecule has 2 fully saturated rings. The van der Waals surface area contributed by atoms with Gasteiger partial charge in [-0.25, -0.2) is 14.0 Å². The summed E-state index contributed by atoms with van der Waals surface area (Å²) in [6.07, 6.45) is -3.67. The zero-order chi connectivity index (χ0) is 30.3. The first-order valence-electron chi connectivity index (χ1n) is 13.5. The van der Waals surface area contributed by atoms with Crippen molar-refractivity contribution in [2.75, 3.05) is 50.0 Å². The molecule has 224 valence electrons. The van der Waals surface area contributed by atoms with Crippen LogP contribution < -0.4 is 16.3 Å². The number of nitrogens with one attached hydrogen (secondary N) is 2. The summed E-state index contributed by atoms with van der Waals surface area (Å²) in [6.45, 7) is 5.40. The largest absolute Gasteiger partial charge is 0.417 e. The van der Waals surface area contributed by atoms with Crippen molar-refractivity contribution in [2.24, 2.45) is 5.41 Å². The molecule has 3 aliphatic heterocycles. The Morgan fingerprint density at radius 3 is 2.49 bits per heavy atom. The molecule has 5 heterocycles. The number of hydrogen-bond donors (Lipinski definition) is 2. The van der Waals surface area contributed by atoms with Crippen LogP contribution in [-0.2, 0) is 22.3 Å². The molecule has 2 aromatic heterocycles. The predicted molar refractivity (Wildman–Crippen MR) is 152 cm³/mol. The van der Waals surface area contributed by atoms with Crippen molar-refractivity contribution in [2.45, 2.75) is 17.6 Å². The Morgan fingerprint density at radius 2 is 1.84 bits per heavy atom. The Hall–Kier alpha value is -4.11. The van der Waals surface area contributed by atoms with Gasteiger partial charge in [-0.15, -0.1) is 11.8 Å². The Kier molecular flexibility index (Phi) is 6.25. The van der Waals surface area contributed by atoms with E-state index in [1.807, 2.05) is 0 Å². The van der Waals surface area contributed by atoms with E-state index < -0.39 is 34.4 Å². The van der Waals surface area contributed by atoms with Crippen LogP contribution in [0.5, 0.6) is 0 Å². The van der Waals surface area contributed by atoms with Crippen molar-refractivity contribution in [3.63, 3.8) is 0 Å². The molecule has 0 bridgehead atoms. The normalized spacial score (nSPS) is 18.2. The van der Waals surface area contributed by atoms with Gasteiger partial charge in [-0.3, -0.25) is 9.36 Å². The number of rotatable bonds is 3. The van der Waals surface area contributed by atoms with Crippen LogP contribution in [0.3, 0.4) is 0 Å². The average Bonchev–Trinajstić information content (AvgIpc) is 3.25. The summed E-state index contributed by atoms with van der Waals surface area (Å²) >= 11 is 1.18. The number of carbonyl (C=O) groups excluding carboxylic acids is 1. The van der Waals surface area contributed by atoms with Gasteiger partial charge >= 0.3 is 17.6 Å². The number of fused-ring (bicyclic) bond motifs is 1. The van der Waals surface area contributed by atoms with Crippen LogP contribution in [0.2, 0.25) is 0 Å². The maximum Gasteiger partial charge on any atom is 0.417 e. The first-order valence-corrected chi connectivity index (χ1v) is 14.4. The number of thioether (sulfide) groups is 1. The molecular formula is C28H24F4N6O4S. The highest BCUT2D eigenvalue weighted by molar-refractivity contribution is 7.99. The number of aromatic nitrogens is 4. The van der Waals surface area contributed by atoms with E-state index in [0.29, 0.717) is 19.0 Å². The van der Waals surface area contributed by atoms with Crippen LogP contribution in [0.25, 0.3) is 33.1 Å². The van der Waals surface area contributed by atoms with Gasteiger partial charge in [0.1, 0.15) is 17.2 Å². The number of H-pyrrole nitrogens is 2. The van der Waals surface area contributed by atoms with E-state index in [1.165, 1.54) is 28.5 Å². The molecule has 1 amide bonds. The van der Waals surface area contributed by atoms with Crippen LogP contribution in [0.4, 0.5) is 23.4 Å². The first kappa shape index (κ1) is 27.7. The Labute approximate surface area is 244 Å². The quantitative estimate of drug-likeness (QED) is 0.268. The molecule has 0 unspecified atom stereocenters. The zero-order valence-electron chi connectivity index (χ0n) is 22.5. The molecule has 0 radical (unpaired) electrons. The summed E-state index contributed by atoms with van der Waals surface area (Å²) in [5.41, 5.74) is -3.23. The number of amides is 1. The molecule has 10 nitrogen and oxygen atoms in total. The second-order valence-corrected chi connectivity index (χ2v) is 12.0. The Balaban J connectivity index is 1.53. The number of alkyl halides is 3. The SMILES string of the molecule is C=CC(=O)N1CCN(c2nc(=O)n3c4c(c(-c5ccc(F)c6[nH]c(=O)[nH]c56)c(C(F)(F)F)cc24)SCC2(COC2)C3)CC1. The highest BCUT2D eigenvalue weighted by Crippen LogP contribution is 2.51. The lowest BCUT2D eigenvalue weighted by atomic mass is 9.88. The average molecular weight is 617 g/mol. The van der Waals surface area contributed by atoms with Crippen molar-refractivity contribution in [1.82, 2.24) is 24.4 Å². The number of nitrogens with zero attached hydrogens (tertiary/aromatic N) is 4. The molecule has 4 aromatic rings. The van der Waals surface area contributed by atoms with Gasteiger partial charge in [-0.2, -0.15) is 18.2 Å². The number of piperazine rings is 1. The highest BCUT2D eigenvalue weighted by Gasteiger charge is 2.44. The van der Waals surface area contributed by atoms with Gasteiger partial charge in [0.25, 0.3) is 0 Å². The maximum absolute atomic E-state index is 15.0. The van der Waals surface area contributed by atoms with Crippen LogP contribution >= 0.6 is 11.8 Å². The van der Waals surface area contributed by atoms with Crippen LogP contribution in [0.15, 0.2) is 45.3 Å². The number of halogens is 4. The van der Waals surface area contributed by atoms with Crippen LogP contribution in [0, 0.1) is 11.2 Å². The number of ether oxygens (including phenoxy) is 1. The summed E-state index contributed by atoms with van der Waals surface area (Å²) in [4.78, 5) is 50.5. The molecule has 43 heavy (non-hydrogen) atoms. The van der Waals surface area contributed by atoms with Gasteiger partial charge in [-0.1, -0.05) is 6.58 Å². The smallest absolute Gasteiger partial charge is 0.380 e. The topological polar surface area (TPSA) is 116 Å². The summed E-state index contributed by atoms with van der Waals surface area (Å²) in [7, 11) is 0. The monoisotopic (exact) mass is 616 g/mol. The van der Waals surface area contributed by atoms with Gasteiger partial charge in [0, 0.05) is 65.3 Å². The fourth-order valence-electron chi connectivity index (χ4n) is 6.15. The molecule has 2 N–H and O–H groups in total. The van der Waals surface area contributed by atoms with Gasteiger partial charge in [0.2, 0.25) is 5.91 Å². The molecule has 2 saturated heterocycles. The summed E-state index contributed by atoms with van der Waals surface area (Å²) in [5, 5.41) is 0.139. The lowest BCUT2D eigenvalue weighted by Crippen LogP contribution is -2.50. The summed E-state index contributed by atoms with van der Waals surface area (Å²) in [6, 6.07) is 3.21. The van der Waals surface area contributed by atoms with E-state index >= 15 is 13.2 Å². The van der Waals surface area contributed by atoms with Crippen molar-refractivity contribution >= 4 is 45.4 Å². The van der Waals surface area contributed by atoms with E-state index in [0.717, 1.165) is 12.1 Å². The van der Waals surface area contributed by atoms with E-state index in [9.17, 15) is 18.8 Å². The highest BCUT2D eigenvalue weighted by atomic mass is 32.2. The third kappa shape index (κ3) is 4.35. The number of carbonyl (C=O) groups is 1. The maximum atomic E-state index is 15.0. The lowest BCUT2D eigenvalue weighted by Gasteiger charge is -2.40. The second-order valence-electron chi connectivity index (χ2n) is 11.0.